The third kappa shape index (κ3) is 7.40. The van der Waals surface area contributed by atoms with Crippen molar-refractivity contribution in [3.8, 4) is 5.69 Å². The molecule has 0 bridgehead atoms. The minimum atomic E-state index is -1.06. The zero-order valence-corrected chi connectivity index (χ0v) is 26.3. The van der Waals surface area contributed by atoms with Crippen LogP contribution in [0.5, 0.6) is 0 Å². The van der Waals surface area contributed by atoms with Crippen LogP contribution in [0.1, 0.15) is 46.7 Å². The maximum atomic E-state index is 14.3. The molecule has 47 heavy (non-hydrogen) atoms. The van der Waals surface area contributed by atoms with Gasteiger partial charge in [0.1, 0.15) is 12.4 Å². The Bertz CT molecular complexity index is 1740. The third-order valence-corrected chi connectivity index (χ3v) is 9.15. The summed E-state index contributed by atoms with van der Waals surface area (Å²) < 4.78 is 1.48. The number of carbonyl (C=O) groups excluding carboxylic acids is 2. The van der Waals surface area contributed by atoms with Gasteiger partial charge in [0.25, 0.3) is 0 Å². The van der Waals surface area contributed by atoms with Gasteiger partial charge in [-0.1, -0.05) is 41.9 Å². The lowest BCUT2D eigenvalue weighted by Crippen LogP contribution is -2.61. The van der Waals surface area contributed by atoms with E-state index in [4.69, 9.17) is 17.3 Å². The first-order chi connectivity index (χ1) is 22.8. The molecule has 4 aromatic rings. The number of aromatic nitrogens is 4. The molecule has 0 spiro atoms. The number of aromatic carboxylic acids is 1. The van der Waals surface area contributed by atoms with Crippen LogP contribution in [0.25, 0.3) is 11.8 Å². The van der Waals surface area contributed by atoms with Gasteiger partial charge in [-0.2, -0.15) is 4.68 Å². The Morgan fingerprint density at radius 2 is 1.74 bits per heavy atom. The fraction of sp³-hybridized carbons (Fsp3) is 0.294. The number of nitrogens with two attached hydrogens (primary N) is 1. The molecule has 3 unspecified atom stereocenters. The van der Waals surface area contributed by atoms with E-state index in [1.807, 2.05) is 30.3 Å². The van der Waals surface area contributed by atoms with Crippen molar-refractivity contribution in [1.82, 2.24) is 30.0 Å². The monoisotopic (exact) mass is 654 g/mol. The van der Waals surface area contributed by atoms with E-state index in [2.05, 4.69) is 25.7 Å². The number of carboxylic acids is 1. The summed E-state index contributed by atoms with van der Waals surface area (Å²) in [7, 11) is 0. The van der Waals surface area contributed by atoms with Crippen molar-refractivity contribution in [2.45, 2.75) is 43.3 Å². The average Bonchev–Trinajstić information content (AvgIpc) is 3.62. The Morgan fingerprint density at radius 1 is 1.00 bits per heavy atom. The minimum absolute atomic E-state index is 0.00640. The second-order valence-electron chi connectivity index (χ2n) is 11.9. The van der Waals surface area contributed by atoms with E-state index in [-0.39, 0.29) is 35.4 Å². The number of likely N-dealkylation sites (tertiary alicyclic amines) is 2. The Balaban J connectivity index is 1.36. The highest BCUT2D eigenvalue weighted by Crippen LogP contribution is 2.37. The zero-order valence-electron chi connectivity index (χ0n) is 25.5. The van der Waals surface area contributed by atoms with Crippen LogP contribution in [0.2, 0.25) is 5.02 Å². The first kappa shape index (κ1) is 32.0. The van der Waals surface area contributed by atoms with Gasteiger partial charge in [0.15, 0.2) is 0 Å². The number of amides is 2. The summed E-state index contributed by atoms with van der Waals surface area (Å²) in [6.45, 7) is 1.97. The number of hydrogen-bond donors (Lipinski definition) is 3. The second-order valence-corrected chi connectivity index (χ2v) is 12.3. The van der Waals surface area contributed by atoms with Crippen molar-refractivity contribution in [2.24, 2.45) is 5.73 Å². The number of nitrogens with zero attached hydrogens (tertiary/aromatic N) is 6. The van der Waals surface area contributed by atoms with Crippen molar-refractivity contribution in [1.29, 1.82) is 0 Å². The molecule has 2 aliphatic heterocycles. The van der Waals surface area contributed by atoms with Crippen LogP contribution < -0.4 is 11.1 Å². The van der Waals surface area contributed by atoms with Gasteiger partial charge in [-0.3, -0.25) is 14.5 Å². The quantitative estimate of drug-likeness (QED) is 0.240. The first-order valence-corrected chi connectivity index (χ1v) is 15.8. The fourth-order valence-corrected chi connectivity index (χ4v) is 6.66. The van der Waals surface area contributed by atoms with Crippen LogP contribution in [-0.2, 0) is 9.59 Å². The predicted molar refractivity (Wildman–Crippen MR) is 177 cm³/mol. The molecular weight excluding hydrogens is 620 g/mol. The van der Waals surface area contributed by atoms with E-state index in [1.54, 1.807) is 41.3 Å². The lowest BCUT2D eigenvalue weighted by Gasteiger charge is -2.48. The molecule has 4 N–H and O–H groups in total. The van der Waals surface area contributed by atoms with Crippen LogP contribution in [0.4, 0.5) is 5.69 Å². The lowest BCUT2D eigenvalue weighted by molar-refractivity contribution is -0.139. The van der Waals surface area contributed by atoms with Crippen LogP contribution in [0.3, 0.4) is 0 Å². The Hall–Kier alpha value is -4.91. The van der Waals surface area contributed by atoms with Crippen LogP contribution in [0.15, 0.2) is 85.2 Å². The number of halogens is 1. The number of carbonyl (C=O) groups is 3. The van der Waals surface area contributed by atoms with Gasteiger partial charge in [0.05, 0.1) is 11.3 Å². The standard InChI is InChI=1S/C34H35ClN8O4/c35-25-9-12-30(43-21-37-39-40-43)24(18-25)8-13-31(44)42-20-28(41-16-14-26(36)15-17-41)19-29(22-4-2-1-3-5-22)32(42)33(45)38-27-10-6-23(7-11-27)34(46)47/h1-13,18,21,26,28-29,32H,14-17,19-20,36H2,(H,38,45)(H,46,47)/b13-8+. The molecule has 0 radical (unpaired) electrons. The molecule has 1 aromatic heterocycles. The van der Waals surface area contributed by atoms with E-state index in [9.17, 15) is 19.5 Å². The van der Waals surface area contributed by atoms with Gasteiger partial charge in [-0.05, 0) is 96.9 Å². The van der Waals surface area contributed by atoms with Crippen molar-refractivity contribution in [2.75, 3.05) is 25.0 Å². The Kier molecular flexibility index (Phi) is 9.71. The number of piperidine rings is 2. The molecule has 2 aliphatic rings. The molecule has 2 saturated heterocycles. The molecule has 2 amide bonds. The molecule has 13 heteroatoms. The number of tetrazole rings is 1. The smallest absolute Gasteiger partial charge is 0.335 e. The second kappa shape index (κ2) is 14.2. The topological polar surface area (TPSA) is 160 Å². The predicted octanol–water partition coefficient (Wildman–Crippen LogP) is 3.84. The van der Waals surface area contributed by atoms with Crippen LogP contribution >= 0.6 is 11.6 Å². The lowest BCUT2D eigenvalue weighted by atomic mass is 9.80. The van der Waals surface area contributed by atoms with E-state index in [1.165, 1.54) is 29.2 Å². The summed E-state index contributed by atoms with van der Waals surface area (Å²) in [4.78, 5) is 43.9. The summed E-state index contributed by atoms with van der Waals surface area (Å²) in [5, 5.41) is 24.2. The summed E-state index contributed by atoms with van der Waals surface area (Å²) >= 11 is 6.32. The largest absolute Gasteiger partial charge is 0.478 e. The SMILES string of the molecule is NC1CCN(C2CC(c3ccccc3)C(C(=O)Nc3ccc(C(=O)O)cc3)N(C(=O)/C=C/c3cc(Cl)ccc3-n3cnnn3)C2)CC1. The van der Waals surface area contributed by atoms with Crippen LogP contribution in [-0.4, -0.2) is 90.7 Å². The average molecular weight is 655 g/mol. The van der Waals surface area contributed by atoms with Gasteiger partial charge >= 0.3 is 5.97 Å². The fourth-order valence-electron chi connectivity index (χ4n) is 6.48. The third-order valence-electron chi connectivity index (χ3n) is 8.91. The maximum absolute atomic E-state index is 14.3. The van der Waals surface area contributed by atoms with E-state index in [0.29, 0.717) is 34.9 Å². The Morgan fingerprint density at radius 3 is 2.43 bits per heavy atom. The van der Waals surface area contributed by atoms with Gasteiger partial charge in [0.2, 0.25) is 11.8 Å². The highest BCUT2D eigenvalue weighted by Gasteiger charge is 2.44. The molecule has 0 aliphatic carbocycles. The summed E-state index contributed by atoms with van der Waals surface area (Å²) in [6, 6.07) is 20.2. The highest BCUT2D eigenvalue weighted by atomic mass is 35.5. The first-order valence-electron chi connectivity index (χ1n) is 15.5. The number of benzene rings is 3. The number of hydrogen-bond acceptors (Lipinski definition) is 8. The number of nitrogens with one attached hydrogen (secondary N) is 1. The van der Waals surface area contributed by atoms with Gasteiger partial charge < -0.3 is 21.1 Å². The van der Waals surface area contributed by atoms with Crippen molar-refractivity contribution in [3.05, 3.63) is 107 Å². The van der Waals surface area contributed by atoms with Crippen LogP contribution in [0, 0.1) is 0 Å². The molecular formula is C34H35ClN8O4. The van der Waals surface area contributed by atoms with Crippen molar-refractivity contribution < 1.29 is 19.5 Å². The van der Waals surface area contributed by atoms with E-state index < -0.39 is 12.0 Å². The van der Waals surface area contributed by atoms with E-state index >= 15 is 0 Å². The Labute approximate surface area is 276 Å². The zero-order chi connectivity index (χ0) is 32.9. The minimum Gasteiger partial charge on any atom is -0.478 e. The maximum Gasteiger partial charge on any atom is 0.335 e. The normalized spacial score (nSPS) is 20.7. The number of rotatable bonds is 8. The molecule has 6 rings (SSSR count). The number of carboxylic acid groups (broad SMARTS) is 1. The van der Waals surface area contributed by atoms with Gasteiger partial charge in [0, 0.05) is 46.9 Å². The molecule has 3 heterocycles. The molecule has 0 saturated carbocycles. The highest BCUT2D eigenvalue weighted by molar-refractivity contribution is 6.30. The van der Waals surface area contributed by atoms with E-state index in [0.717, 1.165) is 31.5 Å². The molecule has 3 aromatic carbocycles. The molecule has 242 valence electrons. The van der Waals surface area contributed by atoms with Gasteiger partial charge in [-0.15, -0.1) is 5.10 Å². The summed E-state index contributed by atoms with van der Waals surface area (Å²) in [6.07, 6.45) is 6.97. The van der Waals surface area contributed by atoms with Crippen molar-refractivity contribution in [3.63, 3.8) is 0 Å². The summed E-state index contributed by atoms with van der Waals surface area (Å²) in [5.74, 6) is -2.08. The molecule has 2 fully saturated rings. The molecule has 12 nitrogen and oxygen atoms in total. The van der Waals surface area contributed by atoms with Crippen molar-refractivity contribution >= 4 is 41.1 Å². The van der Waals surface area contributed by atoms with Gasteiger partial charge in [-0.25, -0.2) is 4.79 Å². The molecule has 3 atom stereocenters. The number of anilines is 1. The summed E-state index contributed by atoms with van der Waals surface area (Å²) in [5.41, 5.74) is 8.97.